The van der Waals surface area contributed by atoms with Gasteiger partial charge in [0.25, 0.3) is 5.56 Å². The van der Waals surface area contributed by atoms with Gasteiger partial charge in [0, 0.05) is 10.7 Å². The number of halogens is 1. The Morgan fingerprint density at radius 3 is 2.85 bits per heavy atom. The van der Waals surface area contributed by atoms with Gasteiger partial charge in [-0.2, -0.15) is 0 Å². The van der Waals surface area contributed by atoms with Crippen LogP contribution in [-0.2, 0) is 0 Å². The van der Waals surface area contributed by atoms with Crippen LogP contribution in [0.1, 0.15) is 5.56 Å². The lowest BCUT2D eigenvalue weighted by Crippen LogP contribution is -2.05. The summed E-state index contributed by atoms with van der Waals surface area (Å²) in [6.07, 6.45) is 1.66. The van der Waals surface area contributed by atoms with Crippen molar-refractivity contribution in [2.45, 2.75) is 6.92 Å². The molecular formula is C10H8BrNO. The summed E-state index contributed by atoms with van der Waals surface area (Å²) in [4.78, 5) is 14.1. The molecule has 0 aliphatic carbocycles. The molecule has 66 valence electrons. The van der Waals surface area contributed by atoms with Gasteiger partial charge < -0.3 is 4.98 Å². The summed E-state index contributed by atoms with van der Waals surface area (Å²) in [6.45, 7) is 1.97. The molecule has 0 bridgehead atoms. The molecule has 0 radical (unpaired) electrons. The number of nitrogens with one attached hydrogen (secondary N) is 1. The molecule has 0 saturated carbocycles. The van der Waals surface area contributed by atoms with E-state index in [2.05, 4.69) is 20.9 Å². The Bertz CT molecular complexity index is 516. The summed E-state index contributed by atoms with van der Waals surface area (Å²) < 4.78 is 0.881. The fraction of sp³-hybridized carbons (Fsp3) is 0.100. The van der Waals surface area contributed by atoms with Crippen LogP contribution in [-0.4, -0.2) is 4.98 Å². The number of pyridine rings is 1. The molecule has 0 spiro atoms. The summed E-state index contributed by atoms with van der Waals surface area (Å²) in [5.41, 5.74) is 1.03. The van der Waals surface area contributed by atoms with E-state index in [1.165, 1.54) is 0 Å². The van der Waals surface area contributed by atoms with E-state index in [0.29, 0.717) is 0 Å². The predicted octanol–water partition coefficient (Wildman–Crippen LogP) is 2.60. The third kappa shape index (κ3) is 1.29. The lowest BCUT2D eigenvalue weighted by Gasteiger charge is -2.01. The molecule has 0 atom stereocenters. The third-order valence-corrected chi connectivity index (χ3v) is 3.09. The Hall–Kier alpha value is -1.09. The Morgan fingerprint density at radius 1 is 1.31 bits per heavy atom. The molecule has 1 aromatic heterocycles. The Balaban J connectivity index is 3.06. The average Bonchev–Trinajstić information content (AvgIpc) is 2.12. The van der Waals surface area contributed by atoms with Crippen molar-refractivity contribution >= 4 is 26.7 Å². The van der Waals surface area contributed by atoms with Gasteiger partial charge in [-0.15, -0.1) is 0 Å². The van der Waals surface area contributed by atoms with Gasteiger partial charge in [-0.25, -0.2) is 0 Å². The molecule has 0 unspecified atom stereocenters. The maximum absolute atomic E-state index is 11.5. The minimum Gasteiger partial charge on any atom is -0.329 e. The second-order valence-corrected chi connectivity index (χ2v) is 3.76. The zero-order chi connectivity index (χ0) is 9.42. The van der Waals surface area contributed by atoms with Gasteiger partial charge in [-0.3, -0.25) is 4.79 Å². The number of H-pyrrole nitrogens is 1. The topological polar surface area (TPSA) is 32.9 Å². The molecule has 1 heterocycles. The van der Waals surface area contributed by atoms with Gasteiger partial charge in [0.2, 0.25) is 0 Å². The van der Waals surface area contributed by atoms with E-state index in [0.717, 1.165) is 20.8 Å². The van der Waals surface area contributed by atoms with Crippen LogP contribution in [0.4, 0.5) is 0 Å². The first-order valence-electron chi connectivity index (χ1n) is 3.96. The van der Waals surface area contributed by atoms with Crippen LogP contribution in [0.5, 0.6) is 0 Å². The van der Waals surface area contributed by atoms with Crippen LogP contribution >= 0.6 is 15.9 Å². The smallest absolute Gasteiger partial charge is 0.256 e. The van der Waals surface area contributed by atoms with Crippen molar-refractivity contribution in [1.82, 2.24) is 4.98 Å². The highest BCUT2D eigenvalue weighted by molar-refractivity contribution is 9.10. The molecule has 0 fully saturated rings. The molecule has 0 aliphatic heterocycles. The highest BCUT2D eigenvalue weighted by Gasteiger charge is 2.04. The number of benzene rings is 1. The molecule has 1 aromatic carbocycles. The maximum atomic E-state index is 11.5. The number of rotatable bonds is 0. The summed E-state index contributed by atoms with van der Waals surface area (Å²) in [6, 6.07) is 5.83. The van der Waals surface area contributed by atoms with Crippen LogP contribution in [0.3, 0.4) is 0 Å². The van der Waals surface area contributed by atoms with Crippen molar-refractivity contribution in [2.24, 2.45) is 0 Å². The van der Waals surface area contributed by atoms with Crippen molar-refractivity contribution < 1.29 is 0 Å². The molecule has 13 heavy (non-hydrogen) atoms. The fourth-order valence-electron chi connectivity index (χ4n) is 1.34. The van der Waals surface area contributed by atoms with Crippen molar-refractivity contribution in [3.63, 3.8) is 0 Å². The van der Waals surface area contributed by atoms with Crippen molar-refractivity contribution in [1.29, 1.82) is 0 Å². The van der Waals surface area contributed by atoms with Gasteiger partial charge in [0.05, 0.1) is 5.39 Å². The van der Waals surface area contributed by atoms with E-state index in [9.17, 15) is 4.79 Å². The molecular weight excluding hydrogens is 230 g/mol. The number of hydrogen-bond acceptors (Lipinski definition) is 1. The third-order valence-electron chi connectivity index (χ3n) is 2.07. The van der Waals surface area contributed by atoms with Gasteiger partial charge in [-0.1, -0.05) is 12.1 Å². The van der Waals surface area contributed by atoms with Crippen molar-refractivity contribution in [3.05, 3.63) is 44.8 Å². The molecule has 2 nitrogen and oxygen atoms in total. The van der Waals surface area contributed by atoms with Gasteiger partial charge >= 0.3 is 0 Å². The Kier molecular flexibility index (Phi) is 1.96. The second kappa shape index (κ2) is 3.00. The number of aryl methyl sites for hydroxylation is 1. The Labute approximate surface area is 83.7 Å². The largest absolute Gasteiger partial charge is 0.329 e. The summed E-state index contributed by atoms with van der Waals surface area (Å²) in [7, 11) is 0. The lowest BCUT2D eigenvalue weighted by atomic mass is 10.1. The summed E-state index contributed by atoms with van der Waals surface area (Å²) in [5.74, 6) is 0. The van der Waals surface area contributed by atoms with Crippen LogP contribution in [0.15, 0.2) is 33.7 Å². The number of hydrogen-bond donors (Lipinski definition) is 1. The van der Waals surface area contributed by atoms with E-state index < -0.39 is 0 Å². The van der Waals surface area contributed by atoms with Crippen LogP contribution in [0, 0.1) is 6.92 Å². The Morgan fingerprint density at radius 2 is 2.08 bits per heavy atom. The second-order valence-electron chi connectivity index (χ2n) is 2.97. The van der Waals surface area contributed by atoms with E-state index >= 15 is 0 Å². The minimum absolute atomic E-state index is 0.0481. The highest BCUT2D eigenvalue weighted by Crippen LogP contribution is 2.23. The summed E-state index contributed by atoms with van der Waals surface area (Å²) in [5, 5.41) is 1.68. The quantitative estimate of drug-likeness (QED) is 0.751. The zero-order valence-corrected chi connectivity index (χ0v) is 8.68. The normalized spacial score (nSPS) is 10.6. The maximum Gasteiger partial charge on any atom is 0.256 e. The molecule has 3 heteroatoms. The molecule has 0 aliphatic rings. The molecule has 2 aromatic rings. The standard InChI is InChI=1S/C10H8BrNO/c1-6-2-3-7-4-5-12-10(13)8(7)9(6)11/h2-5H,1H3,(H,12,13). The van der Waals surface area contributed by atoms with Crippen LogP contribution in [0.25, 0.3) is 10.8 Å². The number of fused-ring (bicyclic) bond motifs is 1. The average molecular weight is 238 g/mol. The van der Waals surface area contributed by atoms with Gasteiger partial charge in [0.15, 0.2) is 0 Å². The fourth-order valence-corrected chi connectivity index (χ4v) is 1.89. The predicted molar refractivity (Wildman–Crippen MR) is 57.0 cm³/mol. The van der Waals surface area contributed by atoms with E-state index in [-0.39, 0.29) is 5.56 Å². The lowest BCUT2D eigenvalue weighted by molar-refractivity contribution is 1.27. The van der Waals surface area contributed by atoms with E-state index in [1.54, 1.807) is 6.20 Å². The summed E-state index contributed by atoms with van der Waals surface area (Å²) >= 11 is 3.41. The van der Waals surface area contributed by atoms with Crippen LogP contribution in [0.2, 0.25) is 0 Å². The molecule has 1 N–H and O–H groups in total. The highest BCUT2D eigenvalue weighted by atomic mass is 79.9. The van der Waals surface area contributed by atoms with Crippen molar-refractivity contribution in [2.75, 3.05) is 0 Å². The first-order chi connectivity index (χ1) is 6.20. The van der Waals surface area contributed by atoms with E-state index in [1.807, 2.05) is 25.1 Å². The van der Waals surface area contributed by atoms with E-state index in [4.69, 9.17) is 0 Å². The molecule has 2 rings (SSSR count). The SMILES string of the molecule is Cc1ccc2cc[nH]c(=O)c2c1Br. The molecule has 0 amide bonds. The first-order valence-corrected chi connectivity index (χ1v) is 4.76. The number of aromatic nitrogens is 1. The minimum atomic E-state index is -0.0481. The molecule has 0 saturated heterocycles. The van der Waals surface area contributed by atoms with Gasteiger partial charge in [-0.05, 0) is 39.9 Å². The van der Waals surface area contributed by atoms with Gasteiger partial charge in [0.1, 0.15) is 0 Å². The van der Waals surface area contributed by atoms with Crippen molar-refractivity contribution in [3.8, 4) is 0 Å². The van der Waals surface area contributed by atoms with Crippen LogP contribution < -0.4 is 5.56 Å². The zero-order valence-electron chi connectivity index (χ0n) is 7.10. The number of aromatic amines is 1. The first kappa shape index (κ1) is 8.51. The monoisotopic (exact) mass is 237 g/mol.